The zero-order valence-electron chi connectivity index (χ0n) is 16.8. The van der Waals surface area contributed by atoms with E-state index in [1.54, 1.807) is 0 Å². The van der Waals surface area contributed by atoms with Crippen LogP contribution in [-0.4, -0.2) is 21.7 Å². The highest BCUT2D eigenvalue weighted by atomic mass is 14.7. The standard InChI is InChI=1S/C27H18BN3/c1-7-19-10-4-16-29-25(19)22(13-1)28(23-14-2-8-20-11-5-17-30-26(20)23)24-15-3-9-21-12-6-18-31-27(21)24/h1-18H. The number of benzene rings is 3. The highest BCUT2D eigenvalue weighted by molar-refractivity contribution is 6.99. The lowest BCUT2D eigenvalue weighted by molar-refractivity contribution is 1.41. The van der Waals surface area contributed by atoms with Crippen LogP contribution in [0.15, 0.2) is 110 Å². The molecule has 3 heterocycles. The van der Waals surface area contributed by atoms with Gasteiger partial charge >= 0.3 is 0 Å². The van der Waals surface area contributed by atoms with E-state index in [1.165, 1.54) is 0 Å². The molecule has 0 fully saturated rings. The van der Waals surface area contributed by atoms with Crippen LogP contribution in [0, 0.1) is 0 Å². The number of hydrogen-bond acceptors (Lipinski definition) is 3. The lowest BCUT2D eigenvalue weighted by atomic mass is 9.36. The van der Waals surface area contributed by atoms with Crippen LogP contribution in [0.4, 0.5) is 0 Å². The first-order chi connectivity index (χ1) is 15.4. The van der Waals surface area contributed by atoms with Crippen molar-refractivity contribution < 1.29 is 0 Å². The first kappa shape index (κ1) is 17.8. The third kappa shape index (κ3) is 2.96. The van der Waals surface area contributed by atoms with Gasteiger partial charge in [0.2, 0.25) is 6.71 Å². The molecule has 3 aromatic carbocycles. The normalized spacial score (nSPS) is 11.2. The van der Waals surface area contributed by atoms with Crippen molar-refractivity contribution in [2.24, 2.45) is 0 Å². The van der Waals surface area contributed by atoms with Gasteiger partial charge in [0.25, 0.3) is 0 Å². The molecule has 0 radical (unpaired) electrons. The fourth-order valence-electron chi connectivity index (χ4n) is 4.58. The third-order valence-electron chi connectivity index (χ3n) is 5.92. The first-order valence-electron chi connectivity index (χ1n) is 10.4. The van der Waals surface area contributed by atoms with Crippen LogP contribution < -0.4 is 16.4 Å². The SMILES string of the molecule is c1cnc2c(B(c3cccc4cccnc34)c3cccc4cccnc34)cccc2c1. The van der Waals surface area contributed by atoms with Gasteiger partial charge in [-0.25, -0.2) is 0 Å². The van der Waals surface area contributed by atoms with Crippen molar-refractivity contribution in [3.8, 4) is 0 Å². The number of rotatable bonds is 3. The van der Waals surface area contributed by atoms with Crippen LogP contribution >= 0.6 is 0 Å². The van der Waals surface area contributed by atoms with Crippen molar-refractivity contribution in [1.29, 1.82) is 0 Å². The summed E-state index contributed by atoms with van der Waals surface area (Å²) in [6.45, 7) is -0.0456. The summed E-state index contributed by atoms with van der Waals surface area (Å²) in [5.41, 5.74) is 6.51. The van der Waals surface area contributed by atoms with Gasteiger partial charge in [0.15, 0.2) is 0 Å². The van der Waals surface area contributed by atoms with Gasteiger partial charge in [-0.15, -0.1) is 0 Å². The summed E-state index contributed by atoms with van der Waals surface area (Å²) in [5.74, 6) is 0. The topological polar surface area (TPSA) is 38.7 Å². The minimum atomic E-state index is -0.0456. The van der Waals surface area contributed by atoms with E-state index in [-0.39, 0.29) is 6.71 Å². The molecule has 4 heteroatoms. The van der Waals surface area contributed by atoms with Crippen LogP contribution in [0.3, 0.4) is 0 Å². The van der Waals surface area contributed by atoms with Crippen LogP contribution in [0.1, 0.15) is 0 Å². The van der Waals surface area contributed by atoms with Crippen molar-refractivity contribution in [2.45, 2.75) is 0 Å². The van der Waals surface area contributed by atoms with Gasteiger partial charge in [0.05, 0.1) is 16.6 Å². The molecule has 0 bridgehead atoms. The maximum atomic E-state index is 4.77. The Balaban J connectivity index is 1.75. The molecule has 3 aromatic heterocycles. The predicted molar refractivity (Wildman–Crippen MR) is 130 cm³/mol. The molecule has 0 aliphatic carbocycles. The minimum absolute atomic E-state index is 0.0456. The van der Waals surface area contributed by atoms with Gasteiger partial charge in [0.1, 0.15) is 0 Å². The van der Waals surface area contributed by atoms with E-state index in [0.717, 1.165) is 49.1 Å². The molecule has 0 saturated carbocycles. The van der Waals surface area contributed by atoms with Gasteiger partial charge < -0.3 is 0 Å². The van der Waals surface area contributed by atoms with E-state index in [4.69, 9.17) is 15.0 Å². The maximum Gasteiger partial charge on any atom is 0.249 e. The number of para-hydroxylation sites is 3. The fourth-order valence-corrected chi connectivity index (χ4v) is 4.58. The monoisotopic (exact) mass is 395 g/mol. The number of fused-ring (bicyclic) bond motifs is 3. The highest BCUT2D eigenvalue weighted by Crippen LogP contribution is 2.15. The zero-order valence-corrected chi connectivity index (χ0v) is 16.8. The summed E-state index contributed by atoms with van der Waals surface area (Å²) in [7, 11) is 0. The Bertz CT molecular complexity index is 1360. The Kier molecular flexibility index (Phi) is 4.21. The second kappa shape index (κ2) is 7.33. The highest BCUT2D eigenvalue weighted by Gasteiger charge is 2.28. The van der Waals surface area contributed by atoms with Gasteiger partial charge in [0, 0.05) is 18.6 Å². The molecule has 31 heavy (non-hydrogen) atoms. The Morgan fingerprint density at radius 1 is 0.387 bits per heavy atom. The molecule has 6 aromatic rings. The van der Waals surface area contributed by atoms with Crippen molar-refractivity contribution in [3.63, 3.8) is 0 Å². The second-order valence-electron chi connectivity index (χ2n) is 7.70. The van der Waals surface area contributed by atoms with Crippen molar-refractivity contribution >= 4 is 55.8 Å². The summed E-state index contributed by atoms with van der Waals surface area (Å²) in [6, 6.07) is 31.6. The molecule has 0 spiro atoms. The molecular weight excluding hydrogens is 377 g/mol. The average Bonchev–Trinajstić information content (AvgIpc) is 2.85. The quantitative estimate of drug-likeness (QED) is 0.428. The molecule has 144 valence electrons. The second-order valence-corrected chi connectivity index (χ2v) is 7.70. The van der Waals surface area contributed by atoms with Crippen molar-refractivity contribution in [2.75, 3.05) is 0 Å². The van der Waals surface area contributed by atoms with Crippen LogP contribution in [0.25, 0.3) is 32.7 Å². The largest absolute Gasteiger partial charge is 0.257 e. The van der Waals surface area contributed by atoms with E-state index < -0.39 is 0 Å². The number of nitrogens with zero attached hydrogens (tertiary/aromatic N) is 3. The molecule has 0 saturated heterocycles. The number of aromatic nitrogens is 3. The summed E-state index contributed by atoms with van der Waals surface area (Å²) in [5, 5.41) is 3.39. The van der Waals surface area contributed by atoms with E-state index in [1.807, 2.05) is 36.8 Å². The Labute approximate surface area is 180 Å². The maximum absolute atomic E-state index is 4.77. The van der Waals surface area contributed by atoms with Crippen LogP contribution in [0.5, 0.6) is 0 Å². The number of hydrogen-bond donors (Lipinski definition) is 0. The Morgan fingerprint density at radius 2 is 0.710 bits per heavy atom. The van der Waals surface area contributed by atoms with E-state index in [0.29, 0.717) is 0 Å². The molecule has 0 amide bonds. The molecule has 0 aliphatic rings. The summed E-state index contributed by atoms with van der Waals surface area (Å²) in [6.07, 6.45) is 5.60. The number of pyridine rings is 3. The fraction of sp³-hybridized carbons (Fsp3) is 0. The molecular formula is C27H18BN3. The Morgan fingerprint density at radius 3 is 1.06 bits per heavy atom. The van der Waals surface area contributed by atoms with Gasteiger partial charge in [-0.05, 0) is 50.7 Å². The molecule has 6 rings (SSSR count). The lowest BCUT2D eigenvalue weighted by Crippen LogP contribution is -2.53. The summed E-state index contributed by atoms with van der Waals surface area (Å²) in [4.78, 5) is 14.3. The zero-order chi connectivity index (χ0) is 20.6. The van der Waals surface area contributed by atoms with E-state index in [9.17, 15) is 0 Å². The average molecular weight is 395 g/mol. The molecule has 0 N–H and O–H groups in total. The first-order valence-corrected chi connectivity index (χ1v) is 10.4. The van der Waals surface area contributed by atoms with Crippen molar-refractivity contribution in [1.82, 2.24) is 15.0 Å². The van der Waals surface area contributed by atoms with Crippen LogP contribution in [-0.2, 0) is 0 Å². The summed E-state index contributed by atoms with van der Waals surface area (Å²) < 4.78 is 0. The molecule has 0 unspecified atom stereocenters. The van der Waals surface area contributed by atoms with E-state index >= 15 is 0 Å². The van der Waals surface area contributed by atoms with Gasteiger partial charge in [-0.1, -0.05) is 72.8 Å². The summed E-state index contributed by atoms with van der Waals surface area (Å²) >= 11 is 0. The van der Waals surface area contributed by atoms with Gasteiger partial charge in [-0.3, -0.25) is 15.0 Å². The molecule has 3 nitrogen and oxygen atoms in total. The lowest BCUT2D eigenvalue weighted by Gasteiger charge is -2.19. The molecule has 0 aliphatic heterocycles. The van der Waals surface area contributed by atoms with Gasteiger partial charge in [-0.2, -0.15) is 0 Å². The third-order valence-corrected chi connectivity index (χ3v) is 5.92. The van der Waals surface area contributed by atoms with Crippen LogP contribution in [0.2, 0.25) is 0 Å². The smallest absolute Gasteiger partial charge is 0.249 e. The molecule has 0 atom stereocenters. The predicted octanol–water partition coefficient (Wildman–Crippen LogP) is 3.85. The van der Waals surface area contributed by atoms with E-state index in [2.05, 4.69) is 72.8 Å². The van der Waals surface area contributed by atoms with Crippen molar-refractivity contribution in [3.05, 3.63) is 110 Å². The Hall–Kier alpha value is -4.05. The minimum Gasteiger partial charge on any atom is -0.257 e.